The topological polar surface area (TPSA) is 94.2 Å². The summed E-state index contributed by atoms with van der Waals surface area (Å²) < 4.78 is 49.4. The van der Waals surface area contributed by atoms with Crippen LogP contribution in [0.2, 0.25) is 18.1 Å². The number of fused-ring (bicyclic) bond motifs is 1. The van der Waals surface area contributed by atoms with Crippen molar-refractivity contribution in [2.24, 2.45) is 0 Å². The average molecular weight is 534 g/mol. The molecule has 0 aromatic carbocycles. The lowest BCUT2D eigenvalue weighted by Crippen LogP contribution is -2.66. The fourth-order valence-electron chi connectivity index (χ4n) is 4.91. The van der Waals surface area contributed by atoms with Crippen molar-refractivity contribution in [3.63, 3.8) is 0 Å². The molecule has 10 nitrogen and oxygen atoms in total. The fraction of sp³-hybridized carbons (Fsp3) is 0.960. The average Bonchev–Trinajstić information content (AvgIpc) is 3.02. The maximum Gasteiger partial charge on any atom is 0.303 e. The molecule has 3 rings (SSSR count). The van der Waals surface area contributed by atoms with E-state index >= 15 is 0 Å². The van der Waals surface area contributed by atoms with Crippen molar-refractivity contribution >= 4 is 14.3 Å². The molecule has 9 atom stereocenters. The molecule has 0 bridgehead atoms. The number of hydrogen-bond acceptors (Lipinski definition) is 10. The lowest BCUT2D eigenvalue weighted by Gasteiger charge is -2.50. The summed E-state index contributed by atoms with van der Waals surface area (Å²) in [5.41, 5.74) is 0. The predicted molar refractivity (Wildman–Crippen MR) is 135 cm³/mol. The van der Waals surface area contributed by atoms with E-state index < -0.39 is 57.1 Å². The van der Waals surface area contributed by atoms with Gasteiger partial charge in [-0.3, -0.25) is 4.79 Å². The van der Waals surface area contributed by atoms with E-state index in [1.54, 1.807) is 7.11 Å². The second kappa shape index (κ2) is 10.9. The Labute approximate surface area is 217 Å². The minimum Gasteiger partial charge on any atom is -0.454 e. The van der Waals surface area contributed by atoms with Crippen molar-refractivity contribution in [1.82, 2.24) is 4.90 Å². The maximum absolute atomic E-state index is 12.2. The molecule has 210 valence electrons. The van der Waals surface area contributed by atoms with Gasteiger partial charge in [0.05, 0.1) is 18.8 Å². The number of carbonyl (C=O) groups excluding carboxylic acids is 1. The van der Waals surface area contributed by atoms with Crippen LogP contribution in [-0.2, 0) is 42.4 Å². The summed E-state index contributed by atoms with van der Waals surface area (Å²) in [5.74, 6) is -1.20. The molecular formula is C25H47NO9Si. The molecule has 0 amide bonds. The molecule has 0 radical (unpaired) electrons. The van der Waals surface area contributed by atoms with E-state index in [9.17, 15) is 4.79 Å². The lowest BCUT2D eigenvalue weighted by molar-refractivity contribution is -0.324. The zero-order valence-electron chi connectivity index (χ0n) is 24.0. The Kier molecular flexibility index (Phi) is 9.02. The van der Waals surface area contributed by atoms with Crippen molar-refractivity contribution in [1.29, 1.82) is 0 Å². The summed E-state index contributed by atoms with van der Waals surface area (Å²) in [7, 11) is 3.29. The van der Waals surface area contributed by atoms with Crippen LogP contribution in [0.1, 0.15) is 48.5 Å². The van der Waals surface area contributed by atoms with Gasteiger partial charge in [0, 0.05) is 14.0 Å². The van der Waals surface area contributed by atoms with Gasteiger partial charge in [0.15, 0.2) is 32.8 Å². The molecule has 0 aromatic heterocycles. The summed E-state index contributed by atoms with van der Waals surface area (Å²) in [4.78, 5) is 14.3. The number of esters is 1. The van der Waals surface area contributed by atoms with E-state index in [-0.39, 0.29) is 29.9 Å². The van der Waals surface area contributed by atoms with Crippen LogP contribution >= 0.6 is 0 Å². The zero-order valence-corrected chi connectivity index (χ0v) is 25.0. The summed E-state index contributed by atoms with van der Waals surface area (Å²) in [5, 5.41) is -0.0567. The van der Waals surface area contributed by atoms with Crippen molar-refractivity contribution in [3.05, 3.63) is 0 Å². The number of rotatable bonds is 7. The Morgan fingerprint density at radius 2 is 1.72 bits per heavy atom. The molecule has 0 aliphatic carbocycles. The number of likely N-dealkylation sites (N-methyl/N-ethyl adjacent to an activating group) is 1. The van der Waals surface area contributed by atoms with Crippen molar-refractivity contribution < 1.29 is 42.4 Å². The van der Waals surface area contributed by atoms with E-state index in [2.05, 4.69) is 33.9 Å². The zero-order chi connectivity index (χ0) is 27.2. The molecule has 0 spiro atoms. The molecule has 11 heteroatoms. The molecule has 3 aliphatic rings. The van der Waals surface area contributed by atoms with Gasteiger partial charge < -0.3 is 42.5 Å². The van der Waals surface area contributed by atoms with E-state index in [0.717, 1.165) is 0 Å². The highest BCUT2D eigenvalue weighted by molar-refractivity contribution is 6.74. The molecule has 3 aliphatic heterocycles. The van der Waals surface area contributed by atoms with E-state index in [1.165, 1.54) is 6.92 Å². The van der Waals surface area contributed by atoms with Crippen LogP contribution in [0.4, 0.5) is 0 Å². The molecule has 3 fully saturated rings. The standard InChI is InChI=1S/C25H47NO9Si/c1-14-18(28-10)20(35-36(11,12)24(3,4)5)21(31-15(2)27)23(30-14)32-16-13-29-22-19(17(16)26(8)9)33-25(6,7)34-22/h14,16-23H,13H2,1-12H3/t14-,16-,17?,18-,19-,20+,21-,22+,23?/m1/s1. The maximum atomic E-state index is 12.2. The normalized spacial score (nSPS) is 39.2. The number of carbonyl (C=O) groups is 1. The van der Waals surface area contributed by atoms with E-state index in [1.807, 2.05) is 39.8 Å². The van der Waals surface area contributed by atoms with Gasteiger partial charge in [-0.2, -0.15) is 0 Å². The monoisotopic (exact) mass is 533 g/mol. The first-order chi connectivity index (χ1) is 16.5. The first-order valence-electron chi connectivity index (χ1n) is 12.8. The molecule has 3 heterocycles. The third-order valence-electron chi connectivity index (χ3n) is 7.67. The van der Waals surface area contributed by atoms with Crippen molar-refractivity contribution in [2.75, 3.05) is 27.8 Å². The SMILES string of the molecule is CO[C@H]1[C@H](O[Si](C)(C)C(C)(C)C)[C@@H](OC(C)=O)C(O[C@@H]2CO[C@H]3OC(C)(C)O[C@@H]3C2N(C)C)O[C@@H]1C. The molecule has 3 saturated heterocycles. The van der Waals surface area contributed by atoms with Crippen molar-refractivity contribution in [3.8, 4) is 0 Å². The van der Waals surface area contributed by atoms with Gasteiger partial charge in [-0.15, -0.1) is 0 Å². The van der Waals surface area contributed by atoms with Gasteiger partial charge >= 0.3 is 5.97 Å². The Morgan fingerprint density at radius 3 is 2.25 bits per heavy atom. The second-order valence-electron chi connectivity index (χ2n) is 12.3. The second-order valence-corrected chi connectivity index (χ2v) is 17.0. The van der Waals surface area contributed by atoms with Gasteiger partial charge in [0.2, 0.25) is 0 Å². The first-order valence-corrected chi connectivity index (χ1v) is 15.7. The van der Waals surface area contributed by atoms with Crippen molar-refractivity contribution in [2.45, 2.75) is 128 Å². The number of ether oxygens (including phenoxy) is 7. The van der Waals surface area contributed by atoms with Gasteiger partial charge in [-0.25, -0.2) is 0 Å². The van der Waals surface area contributed by atoms with Crippen LogP contribution in [0.15, 0.2) is 0 Å². The largest absolute Gasteiger partial charge is 0.454 e. The van der Waals surface area contributed by atoms with Crippen LogP contribution in [0, 0.1) is 0 Å². The predicted octanol–water partition coefficient (Wildman–Crippen LogP) is 2.89. The third-order valence-corrected chi connectivity index (χ3v) is 12.1. The number of hydrogen-bond donors (Lipinski definition) is 0. The van der Waals surface area contributed by atoms with Gasteiger partial charge in [0.1, 0.15) is 24.4 Å². The quantitative estimate of drug-likeness (QED) is 0.359. The van der Waals surface area contributed by atoms with Crippen LogP contribution in [0.3, 0.4) is 0 Å². The Hall–Kier alpha value is -0.633. The first kappa shape index (κ1) is 29.9. The van der Waals surface area contributed by atoms with Crippen LogP contribution < -0.4 is 0 Å². The number of nitrogens with zero attached hydrogens (tertiary/aromatic N) is 1. The summed E-state index contributed by atoms with van der Waals surface area (Å²) in [6, 6.07) is -0.178. The fourth-order valence-corrected chi connectivity index (χ4v) is 6.21. The highest BCUT2D eigenvalue weighted by Gasteiger charge is 2.56. The number of methoxy groups -OCH3 is 1. The van der Waals surface area contributed by atoms with Gasteiger partial charge in [-0.05, 0) is 53.0 Å². The third kappa shape index (κ3) is 6.32. The Balaban J connectivity index is 1.90. The molecule has 0 saturated carbocycles. The van der Waals surface area contributed by atoms with Crippen LogP contribution in [0.5, 0.6) is 0 Å². The Morgan fingerprint density at radius 1 is 1.08 bits per heavy atom. The van der Waals surface area contributed by atoms with Crippen LogP contribution in [0.25, 0.3) is 0 Å². The summed E-state index contributed by atoms with van der Waals surface area (Å²) >= 11 is 0. The van der Waals surface area contributed by atoms with Crippen LogP contribution in [-0.4, -0.2) is 108 Å². The minimum absolute atomic E-state index is 0.0567. The molecule has 0 aromatic rings. The minimum atomic E-state index is -2.27. The summed E-state index contributed by atoms with van der Waals surface area (Å²) in [6.07, 6.45) is -4.34. The van der Waals surface area contributed by atoms with Gasteiger partial charge in [0.25, 0.3) is 0 Å². The van der Waals surface area contributed by atoms with E-state index in [4.69, 9.17) is 37.6 Å². The molecule has 36 heavy (non-hydrogen) atoms. The molecular weight excluding hydrogens is 486 g/mol. The molecule has 2 unspecified atom stereocenters. The highest BCUT2D eigenvalue weighted by atomic mass is 28.4. The summed E-state index contributed by atoms with van der Waals surface area (Å²) in [6.45, 7) is 18.1. The highest BCUT2D eigenvalue weighted by Crippen LogP contribution is 2.42. The Bertz CT molecular complexity index is 771. The molecule has 0 N–H and O–H groups in total. The lowest BCUT2D eigenvalue weighted by atomic mass is 9.98. The van der Waals surface area contributed by atoms with Gasteiger partial charge in [-0.1, -0.05) is 20.8 Å². The van der Waals surface area contributed by atoms with E-state index in [0.29, 0.717) is 0 Å². The smallest absolute Gasteiger partial charge is 0.303 e.